The molecule has 0 amide bonds. The van der Waals surface area contributed by atoms with Gasteiger partial charge in [-0.3, -0.25) is 0 Å². The van der Waals surface area contributed by atoms with E-state index in [0.717, 1.165) is 0 Å². The summed E-state index contributed by atoms with van der Waals surface area (Å²) < 4.78 is 27.7. The summed E-state index contributed by atoms with van der Waals surface area (Å²) in [7, 11) is 3.70. The highest BCUT2D eigenvalue weighted by atomic mass is 16.7. The molecule has 0 aromatic heterocycles. The Bertz CT molecular complexity index is 570. The van der Waals surface area contributed by atoms with Gasteiger partial charge in [0.2, 0.25) is 0 Å². The Morgan fingerprint density at radius 2 is 1.39 bits per heavy atom. The predicted octanol–water partition coefficient (Wildman–Crippen LogP) is 1.79. The highest BCUT2D eigenvalue weighted by Gasteiger charge is 2.53. The zero-order valence-corrected chi connectivity index (χ0v) is 14.7. The van der Waals surface area contributed by atoms with Crippen LogP contribution in [0.1, 0.15) is 38.1 Å². The number of hydrogen-bond acceptors (Lipinski definition) is 6. The van der Waals surface area contributed by atoms with E-state index in [1.54, 1.807) is 12.1 Å². The molecule has 6 nitrogen and oxygen atoms in total. The Hall–Kier alpha value is -1.73. The van der Waals surface area contributed by atoms with Crippen molar-refractivity contribution in [3.63, 3.8) is 0 Å². The van der Waals surface area contributed by atoms with Crippen molar-refractivity contribution in [2.24, 2.45) is 0 Å². The molecular weight excluding hydrogens is 299 g/mol. The lowest BCUT2D eigenvalue weighted by atomic mass is 9.77. The number of ether oxygens (including phenoxy) is 3. The Balaban J connectivity index is 2.52. The first-order valence-electron chi connectivity index (χ1n) is 7.36. The van der Waals surface area contributed by atoms with Crippen molar-refractivity contribution in [2.75, 3.05) is 21.3 Å². The fourth-order valence-electron chi connectivity index (χ4n) is 2.37. The lowest BCUT2D eigenvalue weighted by molar-refractivity contribution is 0.00578. The number of rotatable bonds is 4. The van der Waals surface area contributed by atoms with Gasteiger partial charge in [-0.15, -0.1) is 0 Å². The van der Waals surface area contributed by atoms with E-state index in [-0.39, 0.29) is 0 Å². The number of hydrogen-bond donors (Lipinski definition) is 0. The Morgan fingerprint density at radius 1 is 0.957 bits per heavy atom. The van der Waals surface area contributed by atoms with E-state index in [9.17, 15) is 4.79 Å². The molecule has 1 aromatic rings. The molecular formula is C16H23BO6. The molecule has 0 saturated carbocycles. The Labute approximate surface area is 137 Å². The number of methoxy groups -OCH3 is 3. The minimum Gasteiger partial charge on any atom is -0.497 e. The first kappa shape index (κ1) is 17.6. The molecule has 23 heavy (non-hydrogen) atoms. The zero-order valence-electron chi connectivity index (χ0n) is 14.7. The molecule has 1 fully saturated rings. The highest BCUT2D eigenvalue weighted by Crippen LogP contribution is 2.38. The maximum absolute atomic E-state index is 11.8. The van der Waals surface area contributed by atoms with Gasteiger partial charge in [0.1, 0.15) is 11.5 Å². The second kappa shape index (κ2) is 6.05. The van der Waals surface area contributed by atoms with E-state index >= 15 is 0 Å². The van der Waals surface area contributed by atoms with Crippen LogP contribution >= 0.6 is 0 Å². The van der Waals surface area contributed by atoms with Gasteiger partial charge in [-0.25, -0.2) is 4.79 Å². The van der Waals surface area contributed by atoms with Gasteiger partial charge in [0.05, 0.1) is 43.6 Å². The molecule has 0 atom stereocenters. The largest absolute Gasteiger partial charge is 0.502 e. The van der Waals surface area contributed by atoms with Gasteiger partial charge in [-0.1, -0.05) is 0 Å². The van der Waals surface area contributed by atoms with Crippen molar-refractivity contribution in [2.45, 2.75) is 38.9 Å². The molecule has 0 N–H and O–H groups in total. The average Bonchev–Trinajstić information content (AvgIpc) is 2.72. The molecule has 1 aliphatic heterocycles. The second-order valence-electron chi connectivity index (χ2n) is 6.37. The van der Waals surface area contributed by atoms with E-state index in [1.165, 1.54) is 21.3 Å². The fraction of sp³-hybridized carbons (Fsp3) is 0.562. The molecule has 126 valence electrons. The van der Waals surface area contributed by atoms with Crippen molar-refractivity contribution in [3.8, 4) is 11.5 Å². The SMILES string of the molecule is COC(=O)c1cc(OC)c(B2OC(C)(C)C(C)(C)O2)c(OC)c1. The topological polar surface area (TPSA) is 63.2 Å². The highest BCUT2D eigenvalue weighted by molar-refractivity contribution is 6.64. The minimum atomic E-state index is -0.656. The number of esters is 1. The van der Waals surface area contributed by atoms with E-state index in [4.69, 9.17) is 23.5 Å². The summed E-state index contributed by atoms with van der Waals surface area (Å²) in [6.45, 7) is 7.87. The third kappa shape index (κ3) is 3.03. The molecule has 1 aliphatic rings. The van der Waals surface area contributed by atoms with Crippen molar-refractivity contribution in [1.82, 2.24) is 0 Å². The zero-order chi connectivity index (χ0) is 17.4. The van der Waals surface area contributed by atoms with Crippen LogP contribution in [0.2, 0.25) is 0 Å². The molecule has 1 aromatic carbocycles. The van der Waals surface area contributed by atoms with Crippen LogP contribution in [0.25, 0.3) is 0 Å². The molecule has 0 unspecified atom stereocenters. The van der Waals surface area contributed by atoms with Crippen LogP contribution in [0.15, 0.2) is 12.1 Å². The number of carbonyl (C=O) groups excluding carboxylic acids is 1. The predicted molar refractivity (Wildman–Crippen MR) is 86.6 cm³/mol. The molecule has 7 heteroatoms. The first-order valence-corrected chi connectivity index (χ1v) is 7.36. The van der Waals surface area contributed by atoms with Crippen molar-refractivity contribution >= 4 is 18.6 Å². The molecule has 0 spiro atoms. The fourth-order valence-corrected chi connectivity index (χ4v) is 2.37. The third-order valence-electron chi connectivity index (χ3n) is 4.45. The van der Waals surface area contributed by atoms with Gasteiger partial charge in [0.25, 0.3) is 0 Å². The number of carbonyl (C=O) groups is 1. The van der Waals surface area contributed by atoms with E-state index in [0.29, 0.717) is 22.5 Å². The van der Waals surface area contributed by atoms with Gasteiger partial charge in [-0.2, -0.15) is 0 Å². The smallest absolute Gasteiger partial charge is 0.497 e. The summed E-state index contributed by atoms with van der Waals surface area (Å²) in [5, 5.41) is 0. The number of benzene rings is 1. The van der Waals surface area contributed by atoms with Crippen LogP contribution in [0, 0.1) is 0 Å². The average molecular weight is 322 g/mol. The Morgan fingerprint density at radius 3 is 1.74 bits per heavy atom. The maximum Gasteiger partial charge on any atom is 0.502 e. The van der Waals surface area contributed by atoms with Gasteiger partial charge in [0, 0.05) is 0 Å². The van der Waals surface area contributed by atoms with Gasteiger partial charge >= 0.3 is 13.1 Å². The molecule has 1 saturated heterocycles. The standard InChI is InChI=1S/C16H23BO6/c1-15(2)16(3,4)23-17(22-15)13-11(19-5)8-10(14(18)21-7)9-12(13)20-6/h8-9H,1-7H3. The molecule has 0 bridgehead atoms. The Kier molecular flexibility index (Phi) is 4.64. The molecule has 0 aliphatic carbocycles. The van der Waals surface area contributed by atoms with Gasteiger partial charge in [0.15, 0.2) is 0 Å². The summed E-state index contributed by atoms with van der Waals surface area (Å²) in [5.74, 6) is 0.425. The monoisotopic (exact) mass is 322 g/mol. The van der Waals surface area contributed by atoms with Gasteiger partial charge < -0.3 is 23.5 Å². The van der Waals surface area contributed by atoms with Gasteiger partial charge in [-0.05, 0) is 39.8 Å². The molecule has 0 radical (unpaired) electrons. The third-order valence-corrected chi connectivity index (χ3v) is 4.45. The van der Waals surface area contributed by atoms with Crippen LogP contribution in [-0.2, 0) is 14.0 Å². The van der Waals surface area contributed by atoms with Crippen LogP contribution < -0.4 is 14.9 Å². The normalized spacial score (nSPS) is 18.7. The molecule has 1 heterocycles. The van der Waals surface area contributed by atoms with Crippen LogP contribution in [0.4, 0.5) is 0 Å². The second-order valence-corrected chi connectivity index (χ2v) is 6.37. The van der Waals surface area contributed by atoms with E-state index in [2.05, 4.69) is 0 Å². The summed E-state index contributed by atoms with van der Waals surface area (Å²) in [6.07, 6.45) is 0. The van der Waals surface area contributed by atoms with Crippen molar-refractivity contribution in [1.29, 1.82) is 0 Å². The summed E-state index contributed by atoms with van der Waals surface area (Å²) in [4.78, 5) is 11.8. The quantitative estimate of drug-likeness (QED) is 0.622. The van der Waals surface area contributed by atoms with Crippen molar-refractivity contribution < 1.29 is 28.3 Å². The van der Waals surface area contributed by atoms with Crippen LogP contribution in [0.3, 0.4) is 0 Å². The van der Waals surface area contributed by atoms with E-state index < -0.39 is 24.3 Å². The van der Waals surface area contributed by atoms with E-state index in [1.807, 2.05) is 27.7 Å². The summed E-state index contributed by atoms with van der Waals surface area (Å²) in [5.41, 5.74) is -0.0357. The lowest BCUT2D eigenvalue weighted by Gasteiger charge is -2.32. The lowest BCUT2D eigenvalue weighted by Crippen LogP contribution is -2.41. The molecule has 2 rings (SSSR count). The first-order chi connectivity index (χ1) is 10.7. The minimum absolute atomic E-state index is 0.335. The van der Waals surface area contributed by atoms with Crippen LogP contribution in [-0.4, -0.2) is 45.6 Å². The van der Waals surface area contributed by atoms with Crippen molar-refractivity contribution in [3.05, 3.63) is 17.7 Å². The summed E-state index contributed by atoms with van der Waals surface area (Å²) >= 11 is 0. The summed E-state index contributed by atoms with van der Waals surface area (Å²) in [6, 6.07) is 3.18. The maximum atomic E-state index is 11.8. The van der Waals surface area contributed by atoms with Crippen LogP contribution in [0.5, 0.6) is 11.5 Å².